The van der Waals surface area contributed by atoms with Gasteiger partial charge in [-0.05, 0) is 55.7 Å². The van der Waals surface area contributed by atoms with Crippen molar-refractivity contribution >= 4 is 39.7 Å². The van der Waals surface area contributed by atoms with Crippen LogP contribution in [-0.2, 0) is 0 Å². The molecule has 1 aliphatic heterocycles. The zero-order chi connectivity index (χ0) is 18.6. The van der Waals surface area contributed by atoms with Crippen LogP contribution in [0.15, 0.2) is 53.9 Å². The first-order valence-corrected chi connectivity index (χ1v) is 10.3. The first kappa shape index (κ1) is 18.0. The molecule has 2 aromatic carbocycles. The molecule has 0 atom stereocenters. The minimum atomic E-state index is -0.156. The highest BCUT2D eigenvalue weighted by molar-refractivity contribution is 7.14. The smallest absolute Gasteiger partial charge is 0.255 e. The van der Waals surface area contributed by atoms with Crippen LogP contribution in [0.3, 0.4) is 0 Å². The molecule has 138 valence electrons. The molecule has 0 bridgehead atoms. The Labute approximate surface area is 167 Å². The lowest BCUT2D eigenvalue weighted by Gasteiger charge is -2.25. The number of hydrogen-bond acceptors (Lipinski definition) is 4. The van der Waals surface area contributed by atoms with E-state index in [9.17, 15) is 4.79 Å². The van der Waals surface area contributed by atoms with Crippen molar-refractivity contribution < 1.29 is 4.79 Å². The van der Waals surface area contributed by atoms with Gasteiger partial charge in [0.05, 0.1) is 5.69 Å². The van der Waals surface area contributed by atoms with Crippen molar-refractivity contribution in [1.29, 1.82) is 0 Å². The summed E-state index contributed by atoms with van der Waals surface area (Å²) in [4.78, 5) is 19.6. The molecule has 0 unspecified atom stereocenters. The largest absolute Gasteiger partial charge is 0.348 e. The number of benzene rings is 2. The molecule has 0 spiro atoms. The Morgan fingerprint density at radius 2 is 1.85 bits per heavy atom. The number of piperidine rings is 1. The Balaban J connectivity index is 1.50. The number of carbonyl (C=O) groups excluding carboxylic acids is 1. The van der Waals surface area contributed by atoms with Crippen LogP contribution in [0.2, 0.25) is 5.02 Å². The van der Waals surface area contributed by atoms with Crippen LogP contribution < -0.4 is 10.2 Å². The van der Waals surface area contributed by atoms with Crippen LogP contribution in [0, 0.1) is 0 Å². The van der Waals surface area contributed by atoms with Gasteiger partial charge in [-0.2, -0.15) is 0 Å². The van der Waals surface area contributed by atoms with E-state index in [-0.39, 0.29) is 5.91 Å². The lowest BCUT2D eigenvalue weighted by molar-refractivity contribution is 0.102. The standard InChI is InChI=1S/C21H20ClN3OS/c22-17-9-7-15(8-10-17)20(26)23-18-6-4-5-16(13-18)19-14-27-21(24-19)25-11-2-1-3-12-25/h4-10,13-14H,1-3,11-12H2,(H,23,26). The van der Waals surface area contributed by atoms with Gasteiger partial charge in [0.25, 0.3) is 5.91 Å². The maximum atomic E-state index is 12.4. The molecule has 1 fully saturated rings. The maximum Gasteiger partial charge on any atom is 0.255 e. The second kappa shape index (κ2) is 8.11. The fourth-order valence-electron chi connectivity index (χ4n) is 3.19. The minimum Gasteiger partial charge on any atom is -0.348 e. The number of thiazole rings is 1. The molecular weight excluding hydrogens is 378 g/mol. The molecule has 4 rings (SSSR count). The van der Waals surface area contributed by atoms with Gasteiger partial charge < -0.3 is 10.2 Å². The van der Waals surface area contributed by atoms with Gasteiger partial charge in [0.15, 0.2) is 5.13 Å². The maximum absolute atomic E-state index is 12.4. The van der Waals surface area contributed by atoms with E-state index in [1.807, 2.05) is 24.3 Å². The minimum absolute atomic E-state index is 0.156. The molecule has 1 aromatic heterocycles. The summed E-state index contributed by atoms with van der Waals surface area (Å²) in [7, 11) is 0. The van der Waals surface area contributed by atoms with Crippen LogP contribution >= 0.6 is 22.9 Å². The van der Waals surface area contributed by atoms with Gasteiger partial charge in [-0.3, -0.25) is 4.79 Å². The second-order valence-corrected chi connectivity index (χ2v) is 7.88. The number of anilines is 2. The fourth-order valence-corrected chi connectivity index (χ4v) is 4.20. The molecule has 0 radical (unpaired) electrons. The molecule has 27 heavy (non-hydrogen) atoms. The lowest BCUT2D eigenvalue weighted by Crippen LogP contribution is -2.29. The number of halogens is 1. The monoisotopic (exact) mass is 397 g/mol. The van der Waals surface area contributed by atoms with Crippen molar-refractivity contribution in [3.05, 3.63) is 64.5 Å². The molecule has 0 aliphatic carbocycles. The molecule has 6 heteroatoms. The zero-order valence-electron chi connectivity index (χ0n) is 14.8. The average Bonchev–Trinajstić information content (AvgIpc) is 3.20. The third kappa shape index (κ3) is 4.31. The molecule has 4 nitrogen and oxygen atoms in total. The number of aromatic nitrogens is 1. The van der Waals surface area contributed by atoms with Crippen molar-refractivity contribution in [2.24, 2.45) is 0 Å². The Hall–Kier alpha value is -2.37. The number of hydrogen-bond donors (Lipinski definition) is 1. The van der Waals surface area contributed by atoms with E-state index in [0.717, 1.165) is 35.2 Å². The van der Waals surface area contributed by atoms with E-state index in [4.69, 9.17) is 16.6 Å². The Morgan fingerprint density at radius 3 is 2.63 bits per heavy atom. The summed E-state index contributed by atoms with van der Waals surface area (Å²) in [6.07, 6.45) is 3.78. The van der Waals surface area contributed by atoms with Crippen molar-refractivity contribution in [3.63, 3.8) is 0 Å². The summed E-state index contributed by atoms with van der Waals surface area (Å²) in [5.74, 6) is -0.156. The third-order valence-electron chi connectivity index (χ3n) is 4.64. The summed E-state index contributed by atoms with van der Waals surface area (Å²) in [5, 5.41) is 6.72. The van der Waals surface area contributed by atoms with Gasteiger partial charge in [-0.15, -0.1) is 11.3 Å². The Bertz CT molecular complexity index is 933. The molecule has 1 saturated heterocycles. The van der Waals surface area contributed by atoms with Crippen LogP contribution in [0.25, 0.3) is 11.3 Å². The quantitative estimate of drug-likeness (QED) is 0.613. The number of nitrogens with one attached hydrogen (secondary N) is 1. The summed E-state index contributed by atoms with van der Waals surface area (Å²) in [6.45, 7) is 2.17. The first-order chi connectivity index (χ1) is 13.2. The van der Waals surface area contributed by atoms with Crippen molar-refractivity contribution in [2.45, 2.75) is 19.3 Å². The van der Waals surface area contributed by atoms with Gasteiger partial charge in [0.2, 0.25) is 0 Å². The number of carbonyl (C=O) groups is 1. The predicted molar refractivity (Wildman–Crippen MR) is 113 cm³/mol. The van der Waals surface area contributed by atoms with Crippen LogP contribution in [0.1, 0.15) is 29.6 Å². The lowest BCUT2D eigenvalue weighted by atomic mass is 10.1. The van der Waals surface area contributed by atoms with E-state index >= 15 is 0 Å². The molecule has 1 amide bonds. The predicted octanol–water partition coefficient (Wildman–Crippen LogP) is 5.71. The van der Waals surface area contributed by atoms with E-state index < -0.39 is 0 Å². The molecule has 1 N–H and O–H groups in total. The van der Waals surface area contributed by atoms with Gasteiger partial charge in [0, 0.05) is 40.3 Å². The number of nitrogens with zero attached hydrogens (tertiary/aromatic N) is 2. The van der Waals surface area contributed by atoms with Crippen molar-refractivity contribution in [2.75, 3.05) is 23.3 Å². The highest BCUT2D eigenvalue weighted by Gasteiger charge is 2.15. The third-order valence-corrected chi connectivity index (χ3v) is 5.79. The zero-order valence-corrected chi connectivity index (χ0v) is 16.4. The molecule has 2 heterocycles. The van der Waals surface area contributed by atoms with Gasteiger partial charge in [-0.1, -0.05) is 23.7 Å². The summed E-state index contributed by atoms with van der Waals surface area (Å²) in [5.41, 5.74) is 3.28. The van der Waals surface area contributed by atoms with E-state index in [1.165, 1.54) is 19.3 Å². The molecule has 1 aliphatic rings. The number of rotatable bonds is 4. The molecular formula is C21H20ClN3OS. The summed E-state index contributed by atoms with van der Waals surface area (Å²) in [6, 6.07) is 14.7. The van der Waals surface area contributed by atoms with Crippen LogP contribution in [0.5, 0.6) is 0 Å². The summed E-state index contributed by atoms with van der Waals surface area (Å²) >= 11 is 7.57. The van der Waals surface area contributed by atoms with E-state index in [0.29, 0.717) is 10.6 Å². The Kier molecular flexibility index (Phi) is 5.41. The SMILES string of the molecule is O=C(Nc1cccc(-c2csc(N3CCCCC3)n2)c1)c1ccc(Cl)cc1. The second-order valence-electron chi connectivity index (χ2n) is 6.60. The first-order valence-electron chi connectivity index (χ1n) is 9.07. The van der Waals surface area contributed by atoms with E-state index in [1.54, 1.807) is 35.6 Å². The average molecular weight is 398 g/mol. The van der Waals surface area contributed by atoms with Gasteiger partial charge >= 0.3 is 0 Å². The van der Waals surface area contributed by atoms with Gasteiger partial charge in [-0.25, -0.2) is 4.98 Å². The fraction of sp³-hybridized carbons (Fsp3) is 0.238. The van der Waals surface area contributed by atoms with Crippen molar-refractivity contribution in [3.8, 4) is 11.3 Å². The topological polar surface area (TPSA) is 45.2 Å². The van der Waals surface area contributed by atoms with Crippen molar-refractivity contribution in [1.82, 2.24) is 4.98 Å². The van der Waals surface area contributed by atoms with Gasteiger partial charge in [0.1, 0.15) is 0 Å². The highest BCUT2D eigenvalue weighted by atomic mass is 35.5. The van der Waals surface area contributed by atoms with E-state index in [2.05, 4.69) is 15.6 Å². The molecule has 3 aromatic rings. The highest BCUT2D eigenvalue weighted by Crippen LogP contribution is 2.30. The van der Waals surface area contributed by atoms with Crippen LogP contribution in [-0.4, -0.2) is 24.0 Å². The summed E-state index contributed by atoms with van der Waals surface area (Å²) < 4.78 is 0. The number of amides is 1. The normalized spacial score (nSPS) is 14.2. The molecule has 0 saturated carbocycles. The van der Waals surface area contributed by atoms with Crippen LogP contribution in [0.4, 0.5) is 10.8 Å². The Morgan fingerprint density at radius 1 is 1.07 bits per heavy atom.